The Hall–Kier alpha value is -2.56. The highest BCUT2D eigenvalue weighted by Crippen LogP contribution is 2.34. The minimum absolute atomic E-state index is 0.0486. The lowest BCUT2D eigenvalue weighted by atomic mass is 10.1. The van der Waals surface area contributed by atoms with E-state index in [4.69, 9.17) is 5.14 Å². The first-order valence-corrected chi connectivity index (χ1v) is 11.6. The van der Waals surface area contributed by atoms with Gasteiger partial charge in [-0.2, -0.15) is 0 Å². The molecule has 0 aliphatic heterocycles. The molecule has 1 aromatic carbocycles. The van der Waals surface area contributed by atoms with Gasteiger partial charge in [-0.3, -0.25) is 14.2 Å². The van der Waals surface area contributed by atoms with Crippen LogP contribution >= 0.6 is 11.3 Å². The average molecular weight is 433 g/mol. The SMILES string of the molecule is NS(=O)(=O)c1ccc(CCNC(=O)Cn2cnc3sc4c(c3c2=O)CCC4)cc1. The molecular weight excluding hydrogens is 412 g/mol. The quantitative estimate of drug-likeness (QED) is 0.600. The van der Waals surface area contributed by atoms with Gasteiger partial charge in [0.1, 0.15) is 11.4 Å². The predicted molar refractivity (Wildman–Crippen MR) is 110 cm³/mol. The lowest BCUT2D eigenvalue weighted by molar-refractivity contribution is -0.121. The summed E-state index contributed by atoms with van der Waals surface area (Å²) in [5, 5.41) is 8.51. The summed E-state index contributed by atoms with van der Waals surface area (Å²) in [5.74, 6) is -0.277. The topological polar surface area (TPSA) is 124 Å². The third kappa shape index (κ3) is 4.09. The van der Waals surface area contributed by atoms with Crippen molar-refractivity contribution in [3.05, 3.63) is 57.0 Å². The van der Waals surface area contributed by atoms with E-state index in [1.165, 1.54) is 27.9 Å². The molecule has 29 heavy (non-hydrogen) atoms. The van der Waals surface area contributed by atoms with E-state index < -0.39 is 10.0 Å². The fourth-order valence-electron chi connectivity index (χ4n) is 3.53. The van der Waals surface area contributed by atoms with Crippen LogP contribution in [0.25, 0.3) is 10.2 Å². The molecule has 1 aliphatic rings. The summed E-state index contributed by atoms with van der Waals surface area (Å²) in [7, 11) is -3.71. The number of sulfonamides is 1. The van der Waals surface area contributed by atoms with E-state index >= 15 is 0 Å². The zero-order valence-electron chi connectivity index (χ0n) is 15.6. The molecule has 0 spiro atoms. The highest BCUT2D eigenvalue weighted by Gasteiger charge is 2.21. The number of nitrogens with two attached hydrogens (primary N) is 1. The number of hydrogen-bond donors (Lipinski definition) is 2. The van der Waals surface area contributed by atoms with Crippen LogP contribution in [0.3, 0.4) is 0 Å². The van der Waals surface area contributed by atoms with Gasteiger partial charge >= 0.3 is 0 Å². The van der Waals surface area contributed by atoms with Crippen molar-refractivity contribution in [3.8, 4) is 0 Å². The van der Waals surface area contributed by atoms with E-state index in [0.29, 0.717) is 18.4 Å². The van der Waals surface area contributed by atoms with Gasteiger partial charge in [-0.25, -0.2) is 18.5 Å². The molecule has 152 valence electrons. The molecule has 8 nitrogen and oxygen atoms in total. The normalized spacial score (nSPS) is 13.6. The molecule has 0 radical (unpaired) electrons. The molecule has 1 aliphatic carbocycles. The number of nitrogens with one attached hydrogen (secondary N) is 1. The third-order valence-corrected chi connectivity index (χ3v) is 7.12. The fourth-order valence-corrected chi connectivity index (χ4v) is 5.27. The molecule has 0 saturated heterocycles. The molecule has 2 aromatic heterocycles. The number of primary sulfonamides is 1. The number of aromatic nitrogens is 2. The number of carbonyl (C=O) groups is 1. The zero-order valence-corrected chi connectivity index (χ0v) is 17.2. The fraction of sp³-hybridized carbons (Fsp3) is 0.316. The number of carbonyl (C=O) groups excluding carboxylic acids is 1. The number of thiophene rings is 1. The Balaban J connectivity index is 1.38. The van der Waals surface area contributed by atoms with E-state index in [1.54, 1.807) is 23.5 Å². The molecule has 2 heterocycles. The number of fused-ring (bicyclic) bond motifs is 3. The van der Waals surface area contributed by atoms with Crippen molar-refractivity contribution in [3.63, 3.8) is 0 Å². The maximum atomic E-state index is 12.8. The van der Waals surface area contributed by atoms with Crippen molar-refractivity contribution < 1.29 is 13.2 Å². The number of rotatable bonds is 6. The number of aryl methyl sites for hydroxylation is 2. The van der Waals surface area contributed by atoms with Crippen LogP contribution in [0.5, 0.6) is 0 Å². The van der Waals surface area contributed by atoms with Crippen molar-refractivity contribution in [2.24, 2.45) is 5.14 Å². The highest BCUT2D eigenvalue weighted by molar-refractivity contribution is 7.89. The molecule has 0 fully saturated rings. The standard InChI is InChI=1S/C19H20N4O4S2/c20-29(26,27)13-6-4-12(5-7-13)8-9-21-16(24)10-23-11-22-18-17(19(23)25)14-2-1-3-15(14)28-18/h4-7,11H,1-3,8-10H2,(H,21,24)(H2,20,26,27). The predicted octanol–water partition coefficient (Wildman–Crippen LogP) is 0.953. The van der Waals surface area contributed by atoms with Gasteiger partial charge in [0, 0.05) is 11.4 Å². The van der Waals surface area contributed by atoms with Crippen LogP contribution < -0.4 is 16.0 Å². The van der Waals surface area contributed by atoms with Gasteiger partial charge in [-0.15, -0.1) is 11.3 Å². The van der Waals surface area contributed by atoms with E-state index in [1.807, 2.05) is 0 Å². The van der Waals surface area contributed by atoms with Crippen LogP contribution in [0.15, 0.2) is 40.3 Å². The molecule has 10 heteroatoms. The molecule has 1 amide bonds. The first-order valence-electron chi connectivity index (χ1n) is 9.21. The van der Waals surface area contributed by atoms with Crippen LogP contribution in [0.4, 0.5) is 0 Å². The van der Waals surface area contributed by atoms with Crippen LogP contribution in [-0.2, 0) is 40.6 Å². The summed E-state index contributed by atoms with van der Waals surface area (Å²) in [4.78, 5) is 31.4. The largest absolute Gasteiger partial charge is 0.354 e. The summed E-state index contributed by atoms with van der Waals surface area (Å²) < 4.78 is 23.9. The number of amides is 1. The maximum Gasteiger partial charge on any atom is 0.262 e. The molecule has 3 N–H and O–H groups in total. The van der Waals surface area contributed by atoms with E-state index in [-0.39, 0.29) is 22.9 Å². The second kappa shape index (κ2) is 7.69. The Kier molecular flexibility index (Phi) is 5.24. The summed E-state index contributed by atoms with van der Waals surface area (Å²) in [6.07, 6.45) is 4.91. The molecule has 3 aromatic rings. The summed E-state index contributed by atoms with van der Waals surface area (Å²) in [6, 6.07) is 6.19. The number of nitrogens with zero attached hydrogens (tertiary/aromatic N) is 2. The van der Waals surface area contributed by atoms with E-state index in [2.05, 4.69) is 10.3 Å². The van der Waals surface area contributed by atoms with Gasteiger partial charge in [0.05, 0.1) is 16.6 Å². The van der Waals surface area contributed by atoms with Crippen molar-refractivity contribution in [1.29, 1.82) is 0 Å². The van der Waals surface area contributed by atoms with E-state index in [9.17, 15) is 18.0 Å². The van der Waals surface area contributed by atoms with Crippen molar-refractivity contribution >= 4 is 37.5 Å². The first-order chi connectivity index (χ1) is 13.8. The van der Waals surface area contributed by atoms with Gasteiger partial charge in [-0.05, 0) is 48.9 Å². The summed E-state index contributed by atoms with van der Waals surface area (Å²) >= 11 is 1.57. The number of benzene rings is 1. The Labute approximate surface area is 171 Å². The van der Waals surface area contributed by atoms with Crippen molar-refractivity contribution in [2.45, 2.75) is 37.1 Å². The first kappa shape index (κ1) is 19.7. The summed E-state index contributed by atoms with van der Waals surface area (Å²) in [5.41, 5.74) is 1.80. The van der Waals surface area contributed by atoms with E-state index in [0.717, 1.165) is 35.2 Å². The van der Waals surface area contributed by atoms with Crippen molar-refractivity contribution in [1.82, 2.24) is 14.9 Å². The Bertz CT molecular complexity index is 1240. The van der Waals surface area contributed by atoms with Gasteiger partial charge in [-0.1, -0.05) is 12.1 Å². The smallest absolute Gasteiger partial charge is 0.262 e. The van der Waals surface area contributed by atoms with Gasteiger partial charge in [0.2, 0.25) is 15.9 Å². The highest BCUT2D eigenvalue weighted by atomic mass is 32.2. The Morgan fingerprint density at radius 2 is 2.00 bits per heavy atom. The average Bonchev–Trinajstić information content (AvgIpc) is 3.25. The lowest BCUT2D eigenvalue weighted by Gasteiger charge is -2.08. The Morgan fingerprint density at radius 1 is 1.24 bits per heavy atom. The Morgan fingerprint density at radius 3 is 2.72 bits per heavy atom. The van der Waals surface area contributed by atoms with Gasteiger partial charge in [0.25, 0.3) is 5.56 Å². The molecule has 0 atom stereocenters. The van der Waals surface area contributed by atoms with Gasteiger partial charge in [0.15, 0.2) is 0 Å². The molecular formula is C19H20N4O4S2. The lowest BCUT2D eigenvalue weighted by Crippen LogP contribution is -2.33. The minimum atomic E-state index is -3.71. The number of hydrogen-bond acceptors (Lipinski definition) is 6. The second-order valence-corrected chi connectivity index (χ2v) is 9.65. The second-order valence-electron chi connectivity index (χ2n) is 7.00. The van der Waals surface area contributed by atoms with Crippen LogP contribution in [0.2, 0.25) is 0 Å². The minimum Gasteiger partial charge on any atom is -0.354 e. The molecule has 0 saturated carbocycles. The van der Waals surface area contributed by atoms with Gasteiger partial charge < -0.3 is 5.32 Å². The molecule has 4 rings (SSSR count). The monoisotopic (exact) mass is 432 g/mol. The van der Waals surface area contributed by atoms with Crippen LogP contribution in [-0.4, -0.2) is 30.4 Å². The van der Waals surface area contributed by atoms with Crippen LogP contribution in [0, 0.1) is 0 Å². The maximum absolute atomic E-state index is 12.8. The summed E-state index contributed by atoms with van der Waals surface area (Å²) in [6.45, 7) is 0.280. The molecule has 0 unspecified atom stereocenters. The third-order valence-electron chi connectivity index (χ3n) is 4.99. The molecule has 0 bridgehead atoms. The van der Waals surface area contributed by atoms with Crippen LogP contribution in [0.1, 0.15) is 22.4 Å². The zero-order chi connectivity index (χ0) is 20.6. The van der Waals surface area contributed by atoms with Crippen molar-refractivity contribution in [2.75, 3.05) is 6.54 Å².